The zero-order chi connectivity index (χ0) is 14.2. The van der Waals surface area contributed by atoms with Gasteiger partial charge in [0.25, 0.3) is 0 Å². The lowest BCUT2D eigenvalue weighted by molar-refractivity contribution is -0.156. The van der Waals surface area contributed by atoms with Gasteiger partial charge in [-0.2, -0.15) is 0 Å². The molecule has 0 saturated heterocycles. The van der Waals surface area contributed by atoms with E-state index in [-0.39, 0.29) is 5.97 Å². The lowest BCUT2D eigenvalue weighted by Gasteiger charge is -2.43. The molecule has 2 aromatic rings. The van der Waals surface area contributed by atoms with Crippen LogP contribution in [0, 0.1) is 0 Å². The van der Waals surface area contributed by atoms with Gasteiger partial charge in [0.15, 0.2) is 5.60 Å². The molecule has 1 aromatic carbocycles. The number of hydrogen-bond acceptors (Lipinski definition) is 4. The summed E-state index contributed by atoms with van der Waals surface area (Å²) in [6, 6.07) is 11.4. The number of carbonyl (C=O) groups excluding carboxylic acids is 1. The third-order valence-electron chi connectivity index (χ3n) is 3.57. The highest BCUT2D eigenvalue weighted by Crippen LogP contribution is 2.50. The van der Waals surface area contributed by atoms with Crippen molar-refractivity contribution in [2.75, 3.05) is 7.11 Å². The molecule has 0 fully saturated rings. The van der Waals surface area contributed by atoms with Crippen LogP contribution in [0.15, 0.2) is 42.6 Å². The molecule has 4 nitrogen and oxygen atoms in total. The van der Waals surface area contributed by atoms with Crippen molar-refractivity contribution in [1.82, 2.24) is 4.98 Å². The number of methoxy groups -OCH3 is 1. The van der Waals surface area contributed by atoms with E-state index in [0.717, 1.165) is 22.6 Å². The Kier molecular flexibility index (Phi) is 2.93. The molecule has 3 rings (SSSR count). The Morgan fingerprint density at radius 2 is 2.10 bits per heavy atom. The van der Waals surface area contributed by atoms with E-state index in [9.17, 15) is 4.79 Å². The van der Waals surface area contributed by atoms with E-state index < -0.39 is 5.60 Å². The standard InChI is InChI=1S/C16H15NO3/c1-11(18)20-16(14-8-3-4-9-17-14)10-12-6-5-7-13(19-2)15(12)16/h3-9H,10H2,1-2H3. The smallest absolute Gasteiger partial charge is 0.303 e. The van der Waals surface area contributed by atoms with Gasteiger partial charge in [0, 0.05) is 25.1 Å². The average Bonchev–Trinajstić information content (AvgIpc) is 2.44. The van der Waals surface area contributed by atoms with Crippen molar-refractivity contribution < 1.29 is 14.3 Å². The van der Waals surface area contributed by atoms with Crippen LogP contribution in [0.3, 0.4) is 0 Å². The van der Waals surface area contributed by atoms with Gasteiger partial charge in [0.1, 0.15) is 5.75 Å². The highest BCUT2D eigenvalue weighted by molar-refractivity contribution is 5.69. The summed E-state index contributed by atoms with van der Waals surface area (Å²) in [4.78, 5) is 15.9. The summed E-state index contributed by atoms with van der Waals surface area (Å²) in [6.07, 6.45) is 2.32. The number of ether oxygens (including phenoxy) is 2. The summed E-state index contributed by atoms with van der Waals surface area (Å²) in [6.45, 7) is 1.41. The Hall–Kier alpha value is -2.36. The van der Waals surface area contributed by atoms with Gasteiger partial charge in [0.2, 0.25) is 0 Å². The van der Waals surface area contributed by atoms with Crippen LogP contribution in [0.2, 0.25) is 0 Å². The lowest BCUT2D eigenvalue weighted by atomic mass is 9.70. The Morgan fingerprint density at radius 3 is 2.75 bits per heavy atom. The van der Waals surface area contributed by atoms with Gasteiger partial charge in [-0.25, -0.2) is 0 Å². The summed E-state index contributed by atoms with van der Waals surface area (Å²) >= 11 is 0. The van der Waals surface area contributed by atoms with E-state index in [0.29, 0.717) is 6.42 Å². The van der Waals surface area contributed by atoms with Gasteiger partial charge in [-0.3, -0.25) is 9.78 Å². The van der Waals surface area contributed by atoms with Crippen molar-refractivity contribution in [3.63, 3.8) is 0 Å². The average molecular weight is 269 g/mol. The molecule has 0 amide bonds. The van der Waals surface area contributed by atoms with Crippen LogP contribution < -0.4 is 4.74 Å². The molecule has 102 valence electrons. The van der Waals surface area contributed by atoms with Crippen LogP contribution >= 0.6 is 0 Å². The summed E-state index contributed by atoms with van der Waals surface area (Å²) in [5, 5.41) is 0. The van der Waals surface area contributed by atoms with Crippen LogP contribution in [0.1, 0.15) is 23.7 Å². The van der Waals surface area contributed by atoms with Crippen LogP contribution in [-0.4, -0.2) is 18.1 Å². The number of esters is 1. The Balaban J connectivity index is 2.17. The van der Waals surface area contributed by atoms with Gasteiger partial charge in [-0.15, -0.1) is 0 Å². The van der Waals surface area contributed by atoms with Crippen LogP contribution in [0.25, 0.3) is 0 Å². The van der Waals surface area contributed by atoms with Crippen LogP contribution in [0.5, 0.6) is 5.75 Å². The Labute approximate surface area is 117 Å². The molecule has 0 saturated carbocycles. The molecular weight excluding hydrogens is 254 g/mol. The molecule has 1 aliphatic rings. The third kappa shape index (κ3) is 1.76. The summed E-state index contributed by atoms with van der Waals surface area (Å²) in [7, 11) is 1.62. The number of carbonyl (C=O) groups is 1. The topological polar surface area (TPSA) is 48.4 Å². The van der Waals surface area contributed by atoms with Crippen molar-refractivity contribution in [3.05, 3.63) is 59.4 Å². The quantitative estimate of drug-likeness (QED) is 0.803. The van der Waals surface area contributed by atoms with Gasteiger partial charge in [-0.05, 0) is 23.8 Å². The first-order valence-electron chi connectivity index (χ1n) is 6.45. The second-order valence-corrected chi connectivity index (χ2v) is 4.81. The fraction of sp³-hybridized carbons (Fsp3) is 0.250. The van der Waals surface area contributed by atoms with Gasteiger partial charge in [-0.1, -0.05) is 18.2 Å². The molecule has 1 aliphatic carbocycles. The lowest BCUT2D eigenvalue weighted by Crippen LogP contribution is -2.44. The molecule has 0 N–H and O–H groups in total. The van der Waals surface area contributed by atoms with Gasteiger partial charge < -0.3 is 9.47 Å². The first kappa shape index (κ1) is 12.7. The number of rotatable bonds is 3. The number of pyridine rings is 1. The third-order valence-corrected chi connectivity index (χ3v) is 3.57. The number of fused-ring (bicyclic) bond motifs is 1. The van der Waals surface area contributed by atoms with Crippen LogP contribution in [-0.2, 0) is 21.6 Å². The zero-order valence-corrected chi connectivity index (χ0v) is 11.4. The molecule has 1 aromatic heterocycles. The maximum absolute atomic E-state index is 11.5. The fourth-order valence-electron chi connectivity index (χ4n) is 2.81. The number of aromatic nitrogens is 1. The van der Waals surface area contributed by atoms with Crippen LogP contribution in [0.4, 0.5) is 0 Å². The number of hydrogen-bond donors (Lipinski definition) is 0. The number of nitrogens with zero attached hydrogens (tertiary/aromatic N) is 1. The minimum Gasteiger partial charge on any atom is -0.496 e. The molecule has 1 atom stereocenters. The van der Waals surface area contributed by atoms with Crippen molar-refractivity contribution in [3.8, 4) is 5.75 Å². The molecule has 0 aliphatic heterocycles. The largest absolute Gasteiger partial charge is 0.496 e. The highest BCUT2D eigenvalue weighted by atomic mass is 16.6. The molecule has 1 unspecified atom stereocenters. The van der Waals surface area contributed by atoms with E-state index in [1.165, 1.54) is 6.92 Å². The summed E-state index contributed by atoms with van der Waals surface area (Å²) in [5.74, 6) is 0.396. The predicted octanol–water partition coefficient (Wildman–Crippen LogP) is 2.45. The second-order valence-electron chi connectivity index (χ2n) is 4.81. The van der Waals surface area contributed by atoms with Crippen molar-refractivity contribution in [2.24, 2.45) is 0 Å². The maximum Gasteiger partial charge on any atom is 0.303 e. The highest BCUT2D eigenvalue weighted by Gasteiger charge is 2.50. The molecule has 0 radical (unpaired) electrons. The van der Waals surface area contributed by atoms with E-state index >= 15 is 0 Å². The zero-order valence-electron chi connectivity index (χ0n) is 11.4. The predicted molar refractivity (Wildman–Crippen MR) is 73.5 cm³/mol. The van der Waals surface area contributed by atoms with E-state index in [2.05, 4.69) is 4.98 Å². The summed E-state index contributed by atoms with van der Waals surface area (Å²) in [5.41, 5.74) is 1.93. The molecule has 1 heterocycles. The van der Waals surface area contributed by atoms with E-state index in [1.54, 1.807) is 13.3 Å². The van der Waals surface area contributed by atoms with E-state index in [1.807, 2.05) is 36.4 Å². The van der Waals surface area contributed by atoms with Crippen molar-refractivity contribution in [2.45, 2.75) is 18.9 Å². The van der Waals surface area contributed by atoms with Gasteiger partial charge in [0.05, 0.1) is 12.8 Å². The first-order chi connectivity index (χ1) is 9.67. The van der Waals surface area contributed by atoms with E-state index in [4.69, 9.17) is 9.47 Å². The molecule has 4 heteroatoms. The molecular formula is C16H15NO3. The normalized spacial score (nSPS) is 19.7. The SMILES string of the molecule is COc1cccc2c1C(OC(C)=O)(c1ccccn1)C2. The Bertz CT molecular complexity index is 654. The maximum atomic E-state index is 11.5. The second kappa shape index (κ2) is 4.63. The monoisotopic (exact) mass is 269 g/mol. The molecule has 0 spiro atoms. The van der Waals surface area contributed by atoms with Crippen molar-refractivity contribution >= 4 is 5.97 Å². The molecule has 20 heavy (non-hydrogen) atoms. The summed E-state index contributed by atoms with van der Waals surface area (Å²) < 4.78 is 11.1. The fourth-order valence-corrected chi connectivity index (χ4v) is 2.81. The molecule has 0 bridgehead atoms. The van der Waals surface area contributed by atoms with Crippen molar-refractivity contribution in [1.29, 1.82) is 0 Å². The minimum atomic E-state index is -0.824. The number of benzene rings is 1. The van der Waals surface area contributed by atoms with Gasteiger partial charge >= 0.3 is 5.97 Å². The minimum absolute atomic E-state index is 0.327. The first-order valence-corrected chi connectivity index (χ1v) is 6.45. The Morgan fingerprint density at radius 1 is 1.25 bits per heavy atom.